The van der Waals surface area contributed by atoms with E-state index in [0.29, 0.717) is 5.56 Å². The van der Waals surface area contributed by atoms with Crippen LogP contribution in [0.2, 0.25) is 0 Å². The van der Waals surface area contributed by atoms with Gasteiger partial charge in [0.25, 0.3) is 0 Å². The summed E-state index contributed by atoms with van der Waals surface area (Å²) in [5.41, 5.74) is 11.1. The number of aliphatic hydroxyl groups excluding tert-OH is 1. The summed E-state index contributed by atoms with van der Waals surface area (Å²) in [4.78, 5) is 59.9. The van der Waals surface area contributed by atoms with Gasteiger partial charge in [0, 0.05) is 12.8 Å². The average molecular weight is 467 g/mol. The Morgan fingerprint density at radius 2 is 1.42 bits per heavy atom. The molecule has 4 unspecified atom stereocenters. The molecule has 33 heavy (non-hydrogen) atoms. The lowest BCUT2D eigenvalue weighted by Crippen LogP contribution is -2.58. The van der Waals surface area contributed by atoms with E-state index in [2.05, 4.69) is 16.0 Å². The highest BCUT2D eigenvalue weighted by atomic mass is 16.4. The first-order valence-electron chi connectivity index (χ1n) is 10.0. The van der Waals surface area contributed by atoms with Gasteiger partial charge in [0.15, 0.2) is 0 Å². The molecule has 4 amide bonds. The van der Waals surface area contributed by atoms with Gasteiger partial charge in [-0.05, 0) is 31.0 Å². The molecule has 0 saturated heterocycles. The smallest absolute Gasteiger partial charge is 0.328 e. The number of nitrogens with two attached hydrogens (primary N) is 2. The predicted molar refractivity (Wildman–Crippen MR) is 114 cm³/mol. The second-order valence-electron chi connectivity index (χ2n) is 7.37. The van der Waals surface area contributed by atoms with Gasteiger partial charge in [-0.25, -0.2) is 4.79 Å². The first kappa shape index (κ1) is 27.3. The van der Waals surface area contributed by atoms with Gasteiger partial charge >= 0.3 is 5.97 Å². The zero-order valence-electron chi connectivity index (χ0n) is 18.0. The summed E-state index contributed by atoms with van der Waals surface area (Å²) in [6.45, 7) is 0.507. The van der Waals surface area contributed by atoms with Crippen LogP contribution in [-0.2, 0) is 30.4 Å². The number of amides is 4. The molecule has 182 valence electrons. The Bertz CT molecular complexity index is 859. The maximum Gasteiger partial charge on any atom is 0.328 e. The van der Waals surface area contributed by atoms with E-state index in [1.165, 1.54) is 31.2 Å². The molecule has 0 spiro atoms. The Labute approximate surface area is 189 Å². The van der Waals surface area contributed by atoms with Crippen molar-refractivity contribution in [3.8, 4) is 5.75 Å². The van der Waals surface area contributed by atoms with E-state index in [-0.39, 0.29) is 25.0 Å². The minimum Gasteiger partial charge on any atom is -0.508 e. The minimum atomic E-state index is -1.61. The summed E-state index contributed by atoms with van der Waals surface area (Å²) in [7, 11) is 0. The lowest BCUT2D eigenvalue weighted by molar-refractivity contribution is -0.143. The molecule has 1 rings (SSSR count). The van der Waals surface area contributed by atoms with Gasteiger partial charge in [-0.2, -0.15) is 0 Å². The highest BCUT2D eigenvalue weighted by Gasteiger charge is 2.30. The molecule has 13 nitrogen and oxygen atoms in total. The van der Waals surface area contributed by atoms with Gasteiger partial charge in [-0.1, -0.05) is 12.1 Å². The van der Waals surface area contributed by atoms with Crippen LogP contribution in [0, 0.1) is 0 Å². The topological polar surface area (TPSA) is 234 Å². The molecule has 0 saturated carbocycles. The van der Waals surface area contributed by atoms with Gasteiger partial charge in [-0.3, -0.25) is 19.2 Å². The van der Waals surface area contributed by atoms with Gasteiger partial charge in [0.1, 0.15) is 23.9 Å². The first-order chi connectivity index (χ1) is 15.4. The number of aromatic hydroxyl groups is 1. The number of carbonyl (C=O) groups excluding carboxylic acids is 4. The summed E-state index contributed by atoms with van der Waals surface area (Å²) >= 11 is 0. The number of phenolic OH excluding ortho intramolecular Hbond substituents is 1. The molecule has 0 heterocycles. The van der Waals surface area contributed by atoms with Crippen molar-refractivity contribution in [2.45, 2.75) is 50.4 Å². The zero-order chi connectivity index (χ0) is 25.1. The second kappa shape index (κ2) is 13.0. The molecule has 13 heteroatoms. The van der Waals surface area contributed by atoms with Crippen LogP contribution in [0.4, 0.5) is 0 Å². The van der Waals surface area contributed by atoms with E-state index in [9.17, 15) is 34.2 Å². The maximum absolute atomic E-state index is 12.9. The lowest BCUT2D eigenvalue weighted by Gasteiger charge is -2.24. The Balaban J connectivity index is 3.11. The molecular formula is C20H29N5O8. The van der Waals surface area contributed by atoms with Crippen LogP contribution in [0.3, 0.4) is 0 Å². The summed E-state index contributed by atoms with van der Waals surface area (Å²) in [5.74, 6) is -4.65. The number of hydrogen-bond acceptors (Lipinski definition) is 8. The third-order valence-electron chi connectivity index (χ3n) is 4.53. The SMILES string of the molecule is CC(N)C(=O)NC(CCC(N)=O)C(=O)NC(Cc1ccc(O)cc1)C(=O)NC(CO)C(=O)O. The number of benzene rings is 1. The monoisotopic (exact) mass is 467 g/mol. The molecule has 1 aromatic rings. The van der Waals surface area contributed by atoms with Crippen LogP contribution < -0.4 is 27.4 Å². The molecular weight excluding hydrogens is 438 g/mol. The number of hydrogen-bond donors (Lipinski definition) is 8. The van der Waals surface area contributed by atoms with E-state index < -0.39 is 60.4 Å². The van der Waals surface area contributed by atoms with Crippen LogP contribution in [0.5, 0.6) is 5.75 Å². The molecule has 4 atom stereocenters. The fourth-order valence-electron chi connectivity index (χ4n) is 2.67. The lowest BCUT2D eigenvalue weighted by atomic mass is 10.0. The normalized spacial score (nSPS) is 14.3. The highest BCUT2D eigenvalue weighted by molar-refractivity contribution is 5.94. The number of rotatable bonds is 13. The number of carbonyl (C=O) groups is 5. The van der Waals surface area contributed by atoms with E-state index in [1.54, 1.807) is 0 Å². The fourth-order valence-corrected chi connectivity index (χ4v) is 2.67. The Morgan fingerprint density at radius 1 is 0.909 bits per heavy atom. The molecule has 0 radical (unpaired) electrons. The van der Waals surface area contributed by atoms with E-state index in [4.69, 9.17) is 16.6 Å². The van der Waals surface area contributed by atoms with Crippen molar-refractivity contribution in [2.75, 3.05) is 6.61 Å². The third kappa shape index (κ3) is 9.53. The van der Waals surface area contributed by atoms with Crippen molar-refractivity contribution in [1.82, 2.24) is 16.0 Å². The molecule has 0 bridgehead atoms. The number of aliphatic hydroxyl groups is 1. The Morgan fingerprint density at radius 3 is 1.91 bits per heavy atom. The molecule has 1 aromatic carbocycles. The van der Waals surface area contributed by atoms with Crippen molar-refractivity contribution < 1.29 is 39.3 Å². The largest absolute Gasteiger partial charge is 0.508 e. The number of aliphatic carboxylic acids is 1. The maximum atomic E-state index is 12.9. The van der Waals surface area contributed by atoms with Crippen LogP contribution >= 0.6 is 0 Å². The van der Waals surface area contributed by atoms with Crippen molar-refractivity contribution in [1.29, 1.82) is 0 Å². The first-order valence-corrected chi connectivity index (χ1v) is 10.0. The number of nitrogens with one attached hydrogen (secondary N) is 3. The van der Waals surface area contributed by atoms with Gasteiger partial charge in [-0.15, -0.1) is 0 Å². The number of carboxylic acid groups (broad SMARTS) is 1. The van der Waals surface area contributed by atoms with Crippen LogP contribution in [0.1, 0.15) is 25.3 Å². The summed E-state index contributed by atoms with van der Waals surface area (Å²) < 4.78 is 0. The quantitative estimate of drug-likeness (QED) is 0.148. The molecule has 0 aliphatic rings. The van der Waals surface area contributed by atoms with Gasteiger partial charge < -0.3 is 42.7 Å². The zero-order valence-corrected chi connectivity index (χ0v) is 18.0. The second-order valence-corrected chi connectivity index (χ2v) is 7.37. The summed E-state index contributed by atoms with van der Waals surface area (Å²) in [5, 5.41) is 34.6. The summed E-state index contributed by atoms with van der Waals surface area (Å²) in [6, 6.07) is 0.566. The van der Waals surface area contributed by atoms with Crippen molar-refractivity contribution >= 4 is 29.6 Å². The molecule has 0 fully saturated rings. The van der Waals surface area contributed by atoms with Crippen molar-refractivity contribution in [2.24, 2.45) is 11.5 Å². The molecule has 0 aliphatic carbocycles. The van der Waals surface area contributed by atoms with Crippen molar-refractivity contribution in [3.05, 3.63) is 29.8 Å². The van der Waals surface area contributed by atoms with Gasteiger partial charge in [0.05, 0.1) is 12.6 Å². The van der Waals surface area contributed by atoms with Crippen molar-refractivity contribution in [3.63, 3.8) is 0 Å². The summed E-state index contributed by atoms with van der Waals surface area (Å²) in [6.07, 6.45) is -0.515. The fraction of sp³-hybridized carbons (Fsp3) is 0.450. The third-order valence-corrected chi connectivity index (χ3v) is 4.53. The van der Waals surface area contributed by atoms with Crippen LogP contribution in [0.25, 0.3) is 0 Å². The van der Waals surface area contributed by atoms with Crippen LogP contribution in [-0.4, -0.2) is 75.7 Å². The van der Waals surface area contributed by atoms with Gasteiger partial charge in [0.2, 0.25) is 23.6 Å². The van der Waals surface area contributed by atoms with E-state index >= 15 is 0 Å². The Kier molecular flexibility index (Phi) is 10.7. The molecule has 0 aliphatic heterocycles. The number of carboxylic acids is 1. The highest BCUT2D eigenvalue weighted by Crippen LogP contribution is 2.12. The number of phenols is 1. The van der Waals surface area contributed by atoms with E-state index in [1.807, 2.05) is 0 Å². The predicted octanol–water partition coefficient (Wildman–Crippen LogP) is -2.92. The van der Waals surface area contributed by atoms with Crippen LogP contribution in [0.15, 0.2) is 24.3 Å². The average Bonchev–Trinajstić information content (AvgIpc) is 2.74. The molecule has 0 aromatic heterocycles. The minimum absolute atomic E-state index is 0.0276. The standard InChI is InChI=1S/C20H29N5O8/c1-10(21)17(29)23-13(6-7-16(22)28)18(30)24-14(8-11-2-4-12(27)5-3-11)19(31)25-15(9-26)20(32)33/h2-5,10,13-15,26-27H,6-9,21H2,1H3,(H2,22,28)(H,23,29)(H,24,30)(H,25,31)(H,32,33). The number of primary amides is 1. The van der Waals surface area contributed by atoms with E-state index in [0.717, 1.165) is 0 Å². The molecule has 10 N–H and O–H groups in total. The Hall–Kier alpha value is -3.71.